The van der Waals surface area contributed by atoms with Gasteiger partial charge in [-0.15, -0.1) is 0 Å². The van der Waals surface area contributed by atoms with Crippen molar-refractivity contribution in [1.82, 2.24) is 0 Å². The van der Waals surface area contributed by atoms with Crippen LogP contribution in [0, 0.1) is 0 Å². The molecule has 170 valence electrons. The molecule has 0 spiro atoms. The second-order valence-corrected chi connectivity index (χ2v) is 7.57. The molecule has 0 bridgehead atoms. The molecule has 0 unspecified atom stereocenters. The van der Waals surface area contributed by atoms with E-state index in [1.807, 2.05) is 0 Å². The zero-order valence-corrected chi connectivity index (χ0v) is 19.4. The van der Waals surface area contributed by atoms with Crippen molar-refractivity contribution in [3.8, 4) is 11.5 Å². The number of rotatable bonds is 8. The minimum absolute atomic E-state index is 0.173. The van der Waals surface area contributed by atoms with Crippen LogP contribution in [-0.2, 0) is 16.1 Å². The monoisotopic (exact) mass is 485 g/mol. The minimum atomic E-state index is -0.534. The van der Waals surface area contributed by atoms with Crippen LogP contribution >= 0.6 is 23.2 Å². The van der Waals surface area contributed by atoms with Gasteiger partial charge in [0, 0.05) is 21.7 Å². The molecule has 8 heteroatoms. The number of benzene rings is 3. The molecular formula is C25H21Cl2NO5. The van der Waals surface area contributed by atoms with E-state index in [1.165, 1.54) is 20.3 Å². The zero-order chi connectivity index (χ0) is 23.8. The summed E-state index contributed by atoms with van der Waals surface area (Å²) < 4.78 is 16.0. The summed E-state index contributed by atoms with van der Waals surface area (Å²) in [7, 11) is 2.80. The maximum Gasteiger partial charge on any atom is 0.339 e. The average Bonchev–Trinajstić information content (AvgIpc) is 2.82. The third-order valence-electron chi connectivity index (χ3n) is 4.64. The van der Waals surface area contributed by atoms with Crippen LogP contribution in [0.5, 0.6) is 11.5 Å². The Balaban J connectivity index is 1.69. The summed E-state index contributed by atoms with van der Waals surface area (Å²) in [6, 6.07) is 17.1. The molecule has 1 N–H and O–H groups in total. The summed E-state index contributed by atoms with van der Waals surface area (Å²) in [5, 5.41) is 3.71. The van der Waals surface area contributed by atoms with Gasteiger partial charge in [0.1, 0.15) is 6.61 Å². The van der Waals surface area contributed by atoms with Gasteiger partial charge in [0.15, 0.2) is 11.5 Å². The lowest BCUT2D eigenvalue weighted by Gasteiger charge is -2.13. The van der Waals surface area contributed by atoms with Gasteiger partial charge in [-0.05, 0) is 48.0 Å². The van der Waals surface area contributed by atoms with E-state index in [2.05, 4.69) is 5.32 Å². The number of carbonyl (C=O) groups excluding carboxylic acids is 2. The molecule has 0 saturated heterocycles. The molecule has 0 fully saturated rings. The molecule has 3 aromatic rings. The maximum absolute atomic E-state index is 12.4. The molecule has 0 aromatic heterocycles. The largest absolute Gasteiger partial charge is 0.493 e. The highest BCUT2D eigenvalue weighted by molar-refractivity contribution is 6.35. The molecule has 0 radical (unpaired) electrons. The molecule has 0 aliphatic carbocycles. The summed E-state index contributed by atoms with van der Waals surface area (Å²) >= 11 is 12.4. The number of methoxy groups -OCH3 is 2. The molecule has 33 heavy (non-hydrogen) atoms. The van der Waals surface area contributed by atoms with Crippen LogP contribution in [0.4, 0.5) is 5.69 Å². The van der Waals surface area contributed by atoms with Crippen molar-refractivity contribution in [1.29, 1.82) is 0 Å². The Kier molecular flexibility index (Phi) is 8.35. The maximum atomic E-state index is 12.4. The standard InChI is InChI=1S/C25H21Cl2NO5/c1-31-23-14-16(10-12-22(23)33-15-18-19(26)7-5-8-20(18)27)11-13-24(29)28-21-9-4-3-6-17(21)25(30)32-2/h3-14H,15H2,1-2H3,(H,28,29)/b13-11+. The number of para-hydroxylation sites is 1. The summed E-state index contributed by atoms with van der Waals surface area (Å²) in [4.78, 5) is 24.2. The Morgan fingerprint density at radius 3 is 2.36 bits per heavy atom. The van der Waals surface area contributed by atoms with Crippen LogP contribution in [0.25, 0.3) is 6.08 Å². The van der Waals surface area contributed by atoms with Gasteiger partial charge >= 0.3 is 5.97 Å². The van der Waals surface area contributed by atoms with Crippen molar-refractivity contribution < 1.29 is 23.8 Å². The Bertz CT molecular complexity index is 1170. The molecule has 3 aromatic carbocycles. The highest BCUT2D eigenvalue weighted by Crippen LogP contribution is 2.31. The Labute approximate surface area is 201 Å². The first-order chi connectivity index (χ1) is 15.9. The number of hydrogen-bond acceptors (Lipinski definition) is 5. The summed E-state index contributed by atoms with van der Waals surface area (Å²) in [6.07, 6.45) is 2.97. The van der Waals surface area contributed by atoms with Crippen molar-refractivity contribution >= 4 is 46.8 Å². The molecule has 3 rings (SSSR count). The molecule has 0 atom stereocenters. The number of hydrogen-bond donors (Lipinski definition) is 1. The van der Waals surface area contributed by atoms with Crippen LogP contribution in [0.3, 0.4) is 0 Å². The fourth-order valence-electron chi connectivity index (χ4n) is 2.95. The minimum Gasteiger partial charge on any atom is -0.493 e. The van der Waals surface area contributed by atoms with Crippen LogP contribution < -0.4 is 14.8 Å². The van der Waals surface area contributed by atoms with E-state index in [-0.39, 0.29) is 12.2 Å². The van der Waals surface area contributed by atoms with Crippen molar-refractivity contribution in [3.63, 3.8) is 0 Å². The quantitative estimate of drug-likeness (QED) is 0.311. The Hall–Kier alpha value is -3.48. The van der Waals surface area contributed by atoms with E-state index < -0.39 is 11.9 Å². The van der Waals surface area contributed by atoms with E-state index in [4.69, 9.17) is 37.4 Å². The lowest BCUT2D eigenvalue weighted by molar-refractivity contribution is -0.111. The predicted molar refractivity (Wildman–Crippen MR) is 129 cm³/mol. The first-order valence-corrected chi connectivity index (χ1v) is 10.6. The molecule has 0 aliphatic rings. The highest BCUT2D eigenvalue weighted by Gasteiger charge is 2.13. The van der Waals surface area contributed by atoms with Gasteiger partial charge in [-0.25, -0.2) is 4.79 Å². The van der Waals surface area contributed by atoms with E-state index in [0.29, 0.717) is 38.4 Å². The van der Waals surface area contributed by atoms with Crippen molar-refractivity contribution in [3.05, 3.63) is 93.5 Å². The Morgan fingerprint density at radius 1 is 0.939 bits per heavy atom. The first-order valence-electron chi connectivity index (χ1n) is 9.83. The number of anilines is 1. The van der Waals surface area contributed by atoms with E-state index in [9.17, 15) is 9.59 Å². The average molecular weight is 486 g/mol. The zero-order valence-electron chi connectivity index (χ0n) is 17.9. The fourth-order valence-corrected chi connectivity index (χ4v) is 3.46. The van der Waals surface area contributed by atoms with Crippen LogP contribution in [0.15, 0.2) is 66.7 Å². The van der Waals surface area contributed by atoms with Gasteiger partial charge in [0.25, 0.3) is 0 Å². The van der Waals surface area contributed by atoms with E-state index in [1.54, 1.807) is 66.7 Å². The normalized spacial score (nSPS) is 10.7. The fraction of sp³-hybridized carbons (Fsp3) is 0.120. The lowest BCUT2D eigenvalue weighted by atomic mass is 10.1. The SMILES string of the molecule is COC(=O)c1ccccc1NC(=O)/C=C/c1ccc(OCc2c(Cl)cccc2Cl)c(OC)c1. The smallest absolute Gasteiger partial charge is 0.339 e. The predicted octanol–water partition coefficient (Wildman–Crippen LogP) is 6.02. The number of carbonyl (C=O) groups is 2. The summed E-state index contributed by atoms with van der Waals surface area (Å²) in [6.45, 7) is 0.173. The van der Waals surface area contributed by atoms with Gasteiger partial charge < -0.3 is 19.5 Å². The second-order valence-electron chi connectivity index (χ2n) is 6.76. The van der Waals surface area contributed by atoms with Crippen molar-refractivity contribution in [2.24, 2.45) is 0 Å². The van der Waals surface area contributed by atoms with Gasteiger partial charge in [0.2, 0.25) is 5.91 Å². The number of nitrogens with one attached hydrogen (secondary N) is 1. The first kappa shape index (κ1) is 24.2. The molecule has 0 aliphatic heterocycles. The van der Waals surface area contributed by atoms with E-state index in [0.717, 1.165) is 0 Å². The van der Waals surface area contributed by atoms with Gasteiger partial charge in [-0.3, -0.25) is 4.79 Å². The molecule has 6 nitrogen and oxygen atoms in total. The van der Waals surface area contributed by atoms with Crippen molar-refractivity contribution in [2.75, 3.05) is 19.5 Å². The number of esters is 1. The number of halogens is 2. The van der Waals surface area contributed by atoms with Gasteiger partial charge in [-0.2, -0.15) is 0 Å². The van der Waals surface area contributed by atoms with Crippen LogP contribution in [0.2, 0.25) is 10.0 Å². The van der Waals surface area contributed by atoms with Gasteiger partial charge in [0.05, 0.1) is 25.5 Å². The highest BCUT2D eigenvalue weighted by atomic mass is 35.5. The third kappa shape index (κ3) is 6.28. The molecule has 0 saturated carbocycles. The topological polar surface area (TPSA) is 73.9 Å². The van der Waals surface area contributed by atoms with Crippen LogP contribution in [0.1, 0.15) is 21.5 Å². The van der Waals surface area contributed by atoms with E-state index >= 15 is 0 Å². The number of amides is 1. The van der Waals surface area contributed by atoms with Gasteiger partial charge in [-0.1, -0.05) is 47.5 Å². The Morgan fingerprint density at radius 2 is 1.67 bits per heavy atom. The summed E-state index contributed by atoms with van der Waals surface area (Å²) in [5.74, 6) is 0.0474. The summed E-state index contributed by atoms with van der Waals surface area (Å²) in [5.41, 5.74) is 2.02. The second kappa shape index (κ2) is 11.4. The van der Waals surface area contributed by atoms with Crippen molar-refractivity contribution in [2.45, 2.75) is 6.61 Å². The molecular weight excluding hydrogens is 465 g/mol. The third-order valence-corrected chi connectivity index (χ3v) is 5.35. The molecule has 1 amide bonds. The van der Waals surface area contributed by atoms with Crippen LogP contribution in [-0.4, -0.2) is 26.1 Å². The molecule has 0 heterocycles. The lowest BCUT2D eigenvalue weighted by Crippen LogP contribution is -2.12. The number of ether oxygens (including phenoxy) is 3.